The molecule has 0 N–H and O–H groups in total. The maximum atomic E-state index is 11.8. The highest BCUT2D eigenvalue weighted by Gasteiger charge is 2.06. The Morgan fingerprint density at radius 3 is 2.16 bits per heavy atom. The van der Waals surface area contributed by atoms with Crippen LogP contribution in [0.5, 0.6) is 0 Å². The molecule has 0 aliphatic carbocycles. The van der Waals surface area contributed by atoms with E-state index in [-0.39, 0.29) is 5.78 Å². The summed E-state index contributed by atoms with van der Waals surface area (Å²) in [6.07, 6.45) is 13.9. The number of unbranched alkanes of at least 4 members (excludes halogenated alkanes) is 7. The van der Waals surface area contributed by atoms with Crippen LogP contribution < -0.4 is 0 Å². The van der Waals surface area contributed by atoms with Crippen LogP contribution in [0.1, 0.15) is 80.9 Å². The van der Waals surface area contributed by atoms with Crippen molar-refractivity contribution in [1.29, 1.82) is 0 Å². The van der Waals surface area contributed by atoms with Crippen LogP contribution in [0.2, 0.25) is 0 Å². The van der Waals surface area contributed by atoms with Gasteiger partial charge in [0.1, 0.15) is 5.69 Å². The van der Waals surface area contributed by atoms with E-state index in [1.165, 1.54) is 38.5 Å². The SMILES string of the molecule is CCCCCCCCCCC(=O)c1cnc(C)cn1. The van der Waals surface area contributed by atoms with E-state index < -0.39 is 0 Å². The molecular weight excluding hydrogens is 236 g/mol. The van der Waals surface area contributed by atoms with E-state index in [0.717, 1.165) is 18.5 Å². The Bertz CT molecular complexity index is 360. The zero-order chi connectivity index (χ0) is 13.9. The molecule has 0 aromatic carbocycles. The van der Waals surface area contributed by atoms with Crippen molar-refractivity contribution in [3.63, 3.8) is 0 Å². The van der Waals surface area contributed by atoms with Crippen LogP contribution in [0.3, 0.4) is 0 Å². The van der Waals surface area contributed by atoms with Gasteiger partial charge in [-0.05, 0) is 13.3 Å². The first kappa shape index (κ1) is 15.8. The molecule has 3 heteroatoms. The average Bonchev–Trinajstić information content (AvgIpc) is 2.42. The van der Waals surface area contributed by atoms with Crippen molar-refractivity contribution in [2.45, 2.75) is 71.6 Å². The summed E-state index contributed by atoms with van der Waals surface area (Å²) in [6.45, 7) is 4.11. The second-order valence-corrected chi connectivity index (χ2v) is 5.19. The lowest BCUT2D eigenvalue weighted by Gasteiger charge is -2.02. The van der Waals surface area contributed by atoms with E-state index in [2.05, 4.69) is 16.9 Å². The molecule has 1 aromatic rings. The van der Waals surface area contributed by atoms with E-state index in [4.69, 9.17) is 0 Å². The van der Waals surface area contributed by atoms with E-state index in [1.807, 2.05) is 6.92 Å². The lowest BCUT2D eigenvalue weighted by Crippen LogP contribution is -2.03. The normalized spacial score (nSPS) is 10.6. The lowest BCUT2D eigenvalue weighted by molar-refractivity contribution is 0.0974. The van der Waals surface area contributed by atoms with Crippen molar-refractivity contribution in [1.82, 2.24) is 9.97 Å². The molecule has 106 valence electrons. The summed E-state index contributed by atoms with van der Waals surface area (Å²) < 4.78 is 0. The Morgan fingerprint density at radius 1 is 0.947 bits per heavy atom. The minimum atomic E-state index is 0.124. The second kappa shape index (κ2) is 9.65. The highest BCUT2D eigenvalue weighted by molar-refractivity contribution is 5.93. The Balaban J connectivity index is 2.06. The Hall–Kier alpha value is -1.25. The first-order valence-corrected chi connectivity index (χ1v) is 7.56. The fourth-order valence-corrected chi connectivity index (χ4v) is 2.08. The van der Waals surface area contributed by atoms with Crippen molar-refractivity contribution < 1.29 is 4.79 Å². The summed E-state index contributed by atoms with van der Waals surface area (Å²) in [7, 11) is 0. The first-order valence-electron chi connectivity index (χ1n) is 7.56. The molecule has 0 aliphatic heterocycles. The summed E-state index contributed by atoms with van der Waals surface area (Å²) in [5.74, 6) is 0.124. The molecule has 1 rings (SSSR count). The smallest absolute Gasteiger partial charge is 0.182 e. The van der Waals surface area contributed by atoms with Crippen LogP contribution in [0.15, 0.2) is 12.4 Å². The van der Waals surface area contributed by atoms with Crippen LogP contribution in [-0.4, -0.2) is 15.8 Å². The monoisotopic (exact) mass is 262 g/mol. The van der Waals surface area contributed by atoms with Gasteiger partial charge >= 0.3 is 0 Å². The number of carbonyl (C=O) groups excluding carboxylic acids is 1. The van der Waals surface area contributed by atoms with Gasteiger partial charge in [-0.25, -0.2) is 4.98 Å². The van der Waals surface area contributed by atoms with Gasteiger partial charge in [-0.3, -0.25) is 9.78 Å². The number of rotatable bonds is 10. The summed E-state index contributed by atoms with van der Waals surface area (Å²) in [6, 6.07) is 0. The number of hydrogen-bond donors (Lipinski definition) is 0. The number of hydrogen-bond acceptors (Lipinski definition) is 3. The molecule has 0 radical (unpaired) electrons. The van der Waals surface area contributed by atoms with E-state index >= 15 is 0 Å². The van der Waals surface area contributed by atoms with Crippen molar-refractivity contribution >= 4 is 5.78 Å². The highest BCUT2D eigenvalue weighted by Crippen LogP contribution is 2.11. The lowest BCUT2D eigenvalue weighted by atomic mass is 10.1. The van der Waals surface area contributed by atoms with Crippen LogP contribution in [0.4, 0.5) is 0 Å². The molecule has 1 heterocycles. The van der Waals surface area contributed by atoms with Crippen molar-refractivity contribution in [2.24, 2.45) is 0 Å². The van der Waals surface area contributed by atoms with Gasteiger partial charge in [-0.15, -0.1) is 0 Å². The zero-order valence-corrected chi connectivity index (χ0v) is 12.3. The number of carbonyl (C=O) groups is 1. The summed E-state index contributed by atoms with van der Waals surface area (Å²) in [5.41, 5.74) is 1.36. The van der Waals surface area contributed by atoms with Gasteiger partial charge in [-0.1, -0.05) is 51.9 Å². The predicted molar refractivity (Wildman–Crippen MR) is 78.3 cm³/mol. The number of nitrogens with zero attached hydrogens (tertiary/aromatic N) is 2. The van der Waals surface area contributed by atoms with E-state index in [0.29, 0.717) is 12.1 Å². The maximum absolute atomic E-state index is 11.8. The van der Waals surface area contributed by atoms with Crippen LogP contribution >= 0.6 is 0 Å². The van der Waals surface area contributed by atoms with Gasteiger partial charge in [0.05, 0.1) is 11.9 Å². The Kier molecular flexibility index (Phi) is 8.03. The molecule has 0 atom stereocenters. The molecule has 0 saturated heterocycles. The largest absolute Gasteiger partial charge is 0.292 e. The molecule has 0 saturated carbocycles. The van der Waals surface area contributed by atoms with Gasteiger partial charge < -0.3 is 0 Å². The molecule has 1 aromatic heterocycles. The third-order valence-electron chi connectivity index (χ3n) is 3.32. The van der Waals surface area contributed by atoms with Crippen LogP contribution in [-0.2, 0) is 0 Å². The summed E-state index contributed by atoms with van der Waals surface area (Å²) in [4.78, 5) is 20.0. The molecule has 0 fully saturated rings. The number of Topliss-reactive ketones (excluding diaryl/α,β-unsaturated/α-hetero) is 1. The van der Waals surface area contributed by atoms with Crippen molar-refractivity contribution in [3.8, 4) is 0 Å². The third kappa shape index (κ3) is 7.04. The Labute approximate surface area is 116 Å². The fraction of sp³-hybridized carbons (Fsp3) is 0.688. The minimum absolute atomic E-state index is 0.124. The van der Waals surface area contributed by atoms with Crippen LogP contribution in [0, 0.1) is 6.92 Å². The zero-order valence-electron chi connectivity index (χ0n) is 12.3. The molecule has 0 amide bonds. The Morgan fingerprint density at radius 2 is 1.58 bits per heavy atom. The molecular formula is C16H26N2O. The van der Waals surface area contributed by atoms with Gasteiger partial charge in [0.2, 0.25) is 0 Å². The molecule has 19 heavy (non-hydrogen) atoms. The van der Waals surface area contributed by atoms with E-state index in [9.17, 15) is 4.79 Å². The average molecular weight is 262 g/mol. The van der Waals surface area contributed by atoms with Gasteiger partial charge in [0.15, 0.2) is 5.78 Å². The van der Waals surface area contributed by atoms with Gasteiger partial charge in [-0.2, -0.15) is 0 Å². The van der Waals surface area contributed by atoms with Gasteiger partial charge in [0.25, 0.3) is 0 Å². The fourth-order valence-electron chi connectivity index (χ4n) is 2.08. The van der Waals surface area contributed by atoms with E-state index in [1.54, 1.807) is 12.4 Å². The molecule has 3 nitrogen and oxygen atoms in total. The van der Waals surface area contributed by atoms with Crippen molar-refractivity contribution in [3.05, 3.63) is 23.8 Å². The summed E-state index contributed by atoms with van der Waals surface area (Å²) >= 11 is 0. The predicted octanol–water partition coefficient (Wildman–Crippen LogP) is 4.50. The molecule has 0 unspecified atom stereocenters. The number of ketones is 1. The first-order chi connectivity index (χ1) is 9.24. The topological polar surface area (TPSA) is 42.9 Å². The molecule has 0 spiro atoms. The standard InChI is InChI=1S/C16H26N2O/c1-3-4-5-6-7-8-9-10-11-16(19)15-13-17-14(2)12-18-15/h12-13H,3-11H2,1-2H3. The summed E-state index contributed by atoms with van der Waals surface area (Å²) in [5, 5.41) is 0. The number of aromatic nitrogens is 2. The third-order valence-corrected chi connectivity index (χ3v) is 3.32. The number of aryl methyl sites for hydroxylation is 1. The highest BCUT2D eigenvalue weighted by atomic mass is 16.1. The molecule has 0 aliphatic rings. The van der Waals surface area contributed by atoms with Crippen LogP contribution in [0.25, 0.3) is 0 Å². The van der Waals surface area contributed by atoms with Crippen molar-refractivity contribution in [2.75, 3.05) is 0 Å². The quantitative estimate of drug-likeness (QED) is 0.460. The maximum Gasteiger partial charge on any atom is 0.182 e. The minimum Gasteiger partial charge on any atom is -0.292 e. The van der Waals surface area contributed by atoms with Gasteiger partial charge in [0, 0.05) is 12.6 Å². The second-order valence-electron chi connectivity index (χ2n) is 5.19. The molecule has 0 bridgehead atoms.